The van der Waals surface area contributed by atoms with Gasteiger partial charge in [-0.15, -0.1) is 11.3 Å². The minimum absolute atomic E-state index is 0.132. The van der Waals surface area contributed by atoms with Gasteiger partial charge >= 0.3 is 0 Å². The van der Waals surface area contributed by atoms with E-state index in [0.717, 1.165) is 21.3 Å². The number of nitrogens with zero attached hydrogens (tertiary/aromatic N) is 1. The molecule has 0 atom stereocenters. The Labute approximate surface area is 154 Å². The van der Waals surface area contributed by atoms with E-state index in [1.807, 2.05) is 13.0 Å². The van der Waals surface area contributed by atoms with E-state index in [4.69, 9.17) is 0 Å². The van der Waals surface area contributed by atoms with Crippen molar-refractivity contribution < 1.29 is 22.0 Å². The Hall–Kier alpha value is -1.84. The van der Waals surface area contributed by atoms with Crippen LogP contribution >= 0.6 is 11.3 Å². The Morgan fingerprint density at radius 2 is 1.88 bits per heavy atom. The third-order valence-corrected chi connectivity index (χ3v) is 7.18. The van der Waals surface area contributed by atoms with Crippen LogP contribution in [-0.4, -0.2) is 37.8 Å². The molecule has 1 fully saturated rings. The van der Waals surface area contributed by atoms with Crippen LogP contribution in [0.2, 0.25) is 0 Å². The lowest BCUT2D eigenvalue weighted by Crippen LogP contribution is -2.46. The summed E-state index contributed by atoms with van der Waals surface area (Å²) < 4.78 is 53.4. The molecule has 1 aliphatic rings. The van der Waals surface area contributed by atoms with E-state index in [2.05, 4.69) is 5.32 Å². The van der Waals surface area contributed by atoms with Crippen LogP contribution in [-0.2, 0) is 10.0 Å². The predicted octanol–water partition coefficient (Wildman–Crippen LogP) is 2.92. The monoisotopic (exact) mass is 400 g/mol. The molecule has 0 radical (unpaired) electrons. The number of piperidine rings is 1. The fraction of sp³-hybridized carbons (Fsp3) is 0.353. The summed E-state index contributed by atoms with van der Waals surface area (Å²) >= 11 is 1.39. The largest absolute Gasteiger partial charge is 0.349 e. The van der Waals surface area contributed by atoms with Gasteiger partial charge in [0, 0.05) is 24.0 Å². The lowest BCUT2D eigenvalue weighted by Gasteiger charge is -2.31. The minimum Gasteiger partial charge on any atom is -0.349 e. The summed E-state index contributed by atoms with van der Waals surface area (Å²) in [5.41, 5.74) is 0. The van der Waals surface area contributed by atoms with E-state index in [1.165, 1.54) is 11.3 Å². The van der Waals surface area contributed by atoms with Crippen LogP contribution in [0.5, 0.6) is 0 Å². The first-order valence-electron chi connectivity index (χ1n) is 8.10. The quantitative estimate of drug-likeness (QED) is 0.858. The number of carbonyl (C=O) groups is 1. The van der Waals surface area contributed by atoms with Crippen LogP contribution in [0, 0.1) is 18.6 Å². The summed E-state index contributed by atoms with van der Waals surface area (Å²) in [5.74, 6) is -1.96. The van der Waals surface area contributed by atoms with Gasteiger partial charge in [0.15, 0.2) is 0 Å². The normalized spacial score (nSPS) is 16.6. The molecule has 140 valence electrons. The summed E-state index contributed by atoms with van der Waals surface area (Å²) in [6.07, 6.45) is 0.818. The Bertz CT molecular complexity index is 920. The minimum atomic E-state index is -4.11. The average molecular weight is 400 g/mol. The molecule has 1 aromatic carbocycles. The molecule has 0 saturated carbocycles. The molecule has 2 aromatic rings. The highest BCUT2D eigenvalue weighted by molar-refractivity contribution is 7.89. The maximum absolute atomic E-state index is 13.8. The van der Waals surface area contributed by atoms with E-state index in [9.17, 15) is 22.0 Å². The third kappa shape index (κ3) is 3.94. The van der Waals surface area contributed by atoms with Crippen molar-refractivity contribution in [3.05, 3.63) is 51.7 Å². The Morgan fingerprint density at radius 3 is 2.50 bits per heavy atom. The predicted molar refractivity (Wildman–Crippen MR) is 94.7 cm³/mol. The van der Waals surface area contributed by atoms with Crippen molar-refractivity contribution in [2.45, 2.75) is 30.7 Å². The van der Waals surface area contributed by atoms with E-state index in [1.54, 1.807) is 6.07 Å². The second-order valence-corrected chi connectivity index (χ2v) is 9.33. The lowest BCUT2D eigenvalue weighted by atomic mass is 10.1. The van der Waals surface area contributed by atoms with E-state index < -0.39 is 26.6 Å². The smallest absolute Gasteiger partial charge is 0.261 e. The zero-order valence-electron chi connectivity index (χ0n) is 14.0. The number of hydrogen-bond donors (Lipinski definition) is 1. The van der Waals surface area contributed by atoms with E-state index in [0.29, 0.717) is 23.8 Å². The van der Waals surface area contributed by atoms with Gasteiger partial charge in [0.05, 0.1) is 4.88 Å². The van der Waals surface area contributed by atoms with Gasteiger partial charge in [-0.25, -0.2) is 17.2 Å². The topological polar surface area (TPSA) is 66.5 Å². The molecule has 1 saturated heterocycles. The average Bonchev–Trinajstić information content (AvgIpc) is 3.04. The first-order valence-corrected chi connectivity index (χ1v) is 10.4. The van der Waals surface area contributed by atoms with Crippen LogP contribution in [0.4, 0.5) is 8.78 Å². The van der Waals surface area contributed by atoms with Crippen LogP contribution < -0.4 is 5.32 Å². The molecule has 2 heterocycles. The van der Waals surface area contributed by atoms with Gasteiger partial charge in [-0.3, -0.25) is 4.79 Å². The molecule has 1 N–H and O–H groups in total. The molecule has 0 spiro atoms. The summed E-state index contributed by atoms with van der Waals surface area (Å²) in [6.45, 7) is 2.18. The third-order valence-electron chi connectivity index (χ3n) is 4.26. The fourth-order valence-electron chi connectivity index (χ4n) is 2.87. The highest BCUT2D eigenvalue weighted by atomic mass is 32.2. The van der Waals surface area contributed by atoms with Crippen LogP contribution in [0.1, 0.15) is 27.4 Å². The molecule has 5 nitrogen and oxygen atoms in total. The molecule has 0 aliphatic carbocycles. The standard InChI is InChI=1S/C17H18F2N2O3S2/c1-11-2-5-15(25-11)17(22)20-13-6-8-21(9-7-13)26(23,24)16-10-12(18)3-4-14(16)19/h2-5,10,13H,6-9H2,1H3,(H,20,22). The molecule has 3 rings (SSSR count). The zero-order valence-corrected chi connectivity index (χ0v) is 15.7. The summed E-state index contributed by atoms with van der Waals surface area (Å²) in [6, 6.07) is 5.83. The molecule has 0 unspecified atom stereocenters. The van der Waals surface area contributed by atoms with Crippen molar-refractivity contribution in [3.63, 3.8) is 0 Å². The number of benzene rings is 1. The van der Waals surface area contributed by atoms with E-state index in [-0.39, 0.29) is 25.0 Å². The maximum atomic E-state index is 13.8. The molecule has 0 bridgehead atoms. The highest BCUT2D eigenvalue weighted by Gasteiger charge is 2.32. The van der Waals surface area contributed by atoms with Crippen molar-refractivity contribution in [3.8, 4) is 0 Å². The molecule has 1 amide bonds. The first-order chi connectivity index (χ1) is 12.3. The van der Waals surface area contributed by atoms with Crippen molar-refractivity contribution in [1.29, 1.82) is 0 Å². The van der Waals surface area contributed by atoms with Gasteiger partial charge in [-0.2, -0.15) is 4.31 Å². The van der Waals surface area contributed by atoms with Gasteiger partial charge in [0.25, 0.3) is 5.91 Å². The van der Waals surface area contributed by atoms with E-state index >= 15 is 0 Å². The number of halogens is 2. The van der Waals surface area contributed by atoms with Gasteiger partial charge in [0.2, 0.25) is 10.0 Å². The number of rotatable bonds is 4. The number of carbonyl (C=O) groups excluding carboxylic acids is 1. The molecule has 9 heteroatoms. The zero-order chi connectivity index (χ0) is 18.9. The van der Waals surface area contributed by atoms with Crippen LogP contribution in [0.25, 0.3) is 0 Å². The second kappa shape index (κ2) is 7.42. The lowest BCUT2D eigenvalue weighted by molar-refractivity contribution is 0.0928. The molecular weight excluding hydrogens is 382 g/mol. The van der Waals surface area contributed by atoms with Gasteiger partial charge in [-0.1, -0.05) is 0 Å². The number of aryl methyl sites for hydroxylation is 1. The number of hydrogen-bond acceptors (Lipinski definition) is 4. The molecule has 1 aliphatic heterocycles. The van der Waals surface area contributed by atoms with Crippen LogP contribution in [0.15, 0.2) is 35.2 Å². The SMILES string of the molecule is Cc1ccc(C(=O)NC2CCN(S(=O)(=O)c3cc(F)ccc3F)CC2)s1. The van der Waals surface area contributed by atoms with Gasteiger partial charge < -0.3 is 5.32 Å². The Morgan fingerprint density at radius 1 is 1.19 bits per heavy atom. The maximum Gasteiger partial charge on any atom is 0.261 e. The first kappa shape index (κ1) is 18.9. The molecule has 26 heavy (non-hydrogen) atoms. The van der Waals surface area contributed by atoms with Crippen molar-refractivity contribution in [2.24, 2.45) is 0 Å². The summed E-state index contributed by atoms with van der Waals surface area (Å²) in [5, 5.41) is 2.90. The summed E-state index contributed by atoms with van der Waals surface area (Å²) in [7, 11) is -4.11. The number of amides is 1. The van der Waals surface area contributed by atoms with Crippen molar-refractivity contribution in [2.75, 3.05) is 13.1 Å². The second-order valence-electron chi connectivity index (χ2n) is 6.14. The fourth-order valence-corrected chi connectivity index (χ4v) is 5.18. The van der Waals surface area contributed by atoms with Crippen molar-refractivity contribution in [1.82, 2.24) is 9.62 Å². The van der Waals surface area contributed by atoms with Crippen LogP contribution in [0.3, 0.4) is 0 Å². The molecular formula is C17H18F2N2O3S2. The summed E-state index contributed by atoms with van der Waals surface area (Å²) in [4.78, 5) is 13.2. The van der Waals surface area contributed by atoms with Gasteiger partial charge in [-0.05, 0) is 50.1 Å². The van der Waals surface area contributed by atoms with Gasteiger partial charge in [0.1, 0.15) is 16.5 Å². The molecule has 1 aromatic heterocycles. The number of sulfonamides is 1. The Balaban J connectivity index is 1.64. The Kier molecular flexibility index (Phi) is 5.40. The number of nitrogens with one attached hydrogen (secondary N) is 1. The number of thiophene rings is 1. The van der Waals surface area contributed by atoms with Crippen molar-refractivity contribution >= 4 is 27.3 Å². The highest BCUT2D eigenvalue weighted by Crippen LogP contribution is 2.24.